The molecular weight excluding hydrogens is 248 g/mol. The second-order valence-corrected chi connectivity index (χ2v) is 5.63. The fourth-order valence-corrected chi connectivity index (χ4v) is 2.60. The van der Waals surface area contributed by atoms with Crippen LogP contribution in [0.3, 0.4) is 0 Å². The Morgan fingerprint density at radius 3 is 2.90 bits per heavy atom. The number of rotatable bonds is 8. The molecule has 0 spiro atoms. The number of ether oxygens (including phenoxy) is 1. The van der Waals surface area contributed by atoms with E-state index in [2.05, 4.69) is 47.3 Å². The molecule has 0 saturated heterocycles. The lowest BCUT2D eigenvalue weighted by Crippen LogP contribution is -2.15. The molecule has 1 heterocycles. The average molecular weight is 272 g/mol. The van der Waals surface area contributed by atoms with Crippen molar-refractivity contribution in [2.24, 2.45) is 0 Å². The van der Waals surface area contributed by atoms with Crippen molar-refractivity contribution in [1.82, 2.24) is 9.88 Å². The van der Waals surface area contributed by atoms with Crippen LogP contribution in [0.2, 0.25) is 0 Å². The summed E-state index contributed by atoms with van der Waals surface area (Å²) in [4.78, 5) is 0. The number of hydrogen-bond donors (Lipinski definition) is 1. The summed E-state index contributed by atoms with van der Waals surface area (Å²) in [5.41, 5.74) is 2.73. The van der Waals surface area contributed by atoms with Crippen molar-refractivity contribution in [3.8, 4) is 0 Å². The van der Waals surface area contributed by atoms with Gasteiger partial charge in [-0.25, -0.2) is 0 Å². The molecule has 20 heavy (non-hydrogen) atoms. The van der Waals surface area contributed by atoms with Crippen LogP contribution in [-0.4, -0.2) is 23.8 Å². The minimum atomic E-state index is 0.755. The first kappa shape index (κ1) is 13.7. The fraction of sp³-hybridized carbons (Fsp3) is 0.529. The molecule has 3 nitrogen and oxygen atoms in total. The first-order chi connectivity index (χ1) is 9.88. The van der Waals surface area contributed by atoms with E-state index in [-0.39, 0.29) is 0 Å². The van der Waals surface area contributed by atoms with Gasteiger partial charge in [-0.05, 0) is 30.9 Å². The Bertz CT molecular complexity index is 557. The van der Waals surface area contributed by atoms with Gasteiger partial charge in [0.1, 0.15) is 0 Å². The highest BCUT2D eigenvalue weighted by atomic mass is 16.5. The Labute approximate surface area is 120 Å². The zero-order valence-electron chi connectivity index (χ0n) is 12.3. The van der Waals surface area contributed by atoms with Crippen LogP contribution in [0.1, 0.15) is 31.7 Å². The van der Waals surface area contributed by atoms with E-state index in [4.69, 9.17) is 4.74 Å². The molecule has 3 rings (SSSR count). The Balaban J connectivity index is 1.72. The standard InChI is InChI=1S/C17H24N2O/c1-2-10-20-11-9-19-13-14(12-18-15-7-8-15)16-5-3-4-6-17(16)19/h3-6,13,15,18H,2,7-12H2,1H3. The van der Waals surface area contributed by atoms with Crippen LogP contribution in [-0.2, 0) is 17.8 Å². The third-order valence-corrected chi connectivity index (χ3v) is 3.85. The fourth-order valence-electron chi connectivity index (χ4n) is 2.60. The van der Waals surface area contributed by atoms with Crippen molar-refractivity contribution >= 4 is 10.9 Å². The topological polar surface area (TPSA) is 26.2 Å². The number of nitrogens with one attached hydrogen (secondary N) is 1. The van der Waals surface area contributed by atoms with Gasteiger partial charge in [0.25, 0.3) is 0 Å². The highest BCUT2D eigenvalue weighted by Gasteiger charge is 2.20. The van der Waals surface area contributed by atoms with Gasteiger partial charge in [0, 0.05) is 42.8 Å². The Kier molecular flexibility index (Phi) is 4.38. The van der Waals surface area contributed by atoms with E-state index in [1.54, 1.807) is 0 Å². The highest BCUT2D eigenvalue weighted by molar-refractivity contribution is 5.83. The molecule has 2 aromatic rings. The summed E-state index contributed by atoms with van der Waals surface area (Å²) in [6, 6.07) is 9.42. The van der Waals surface area contributed by atoms with E-state index < -0.39 is 0 Å². The first-order valence-corrected chi connectivity index (χ1v) is 7.76. The molecule has 1 aliphatic carbocycles. The van der Waals surface area contributed by atoms with Gasteiger partial charge in [0.2, 0.25) is 0 Å². The van der Waals surface area contributed by atoms with Crippen LogP contribution in [0.5, 0.6) is 0 Å². The zero-order valence-corrected chi connectivity index (χ0v) is 12.3. The van der Waals surface area contributed by atoms with Crippen molar-refractivity contribution in [2.75, 3.05) is 13.2 Å². The van der Waals surface area contributed by atoms with Crippen LogP contribution in [0, 0.1) is 0 Å². The summed E-state index contributed by atoms with van der Waals surface area (Å²) < 4.78 is 7.94. The molecule has 0 aliphatic heterocycles. The normalized spacial score (nSPS) is 15.1. The number of hydrogen-bond acceptors (Lipinski definition) is 2. The summed E-state index contributed by atoms with van der Waals surface area (Å²) in [5.74, 6) is 0. The van der Waals surface area contributed by atoms with Crippen molar-refractivity contribution in [1.29, 1.82) is 0 Å². The molecule has 1 fully saturated rings. The van der Waals surface area contributed by atoms with Crippen LogP contribution in [0.25, 0.3) is 10.9 Å². The molecule has 0 amide bonds. The molecule has 108 valence electrons. The maximum absolute atomic E-state index is 5.62. The van der Waals surface area contributed by atoms with Crippen molar-refractivity contribution < 1.29 is 4.74 Å². The maximum atomic E-state index is 5.62. The second-order valence-electron chi connectivity index (χ2n) is 5.63. The SMILES string of the molecule is CCCOCCn1cc(CNC2CC2)c2ccccc21. The quantitative estimate of drug-likeness (QED) is 0.746. The maximum Gasteiger partial charge on any atom is 0.0645 e. The molecule has 1 aromatic heterocycles. The van der Waals surface area contributed by atoms with Crippen LogP contribution >= 0.6 is 0 Å². The van der Waals surface area contributed by atoms with E-state index in [1.807, 2.05) is 0 Å². The van der Waals surface area contributed by atoms with Gasteiger partial charge < -0.3 is 14.6 Å². The van der Waals surface area contributed by atoms with Crippen molar-refractivity contribution in [2.45, 2.75) is 45.3 Å². The lowest BCUT2D eigenvalue weighted by molar-refractivity contribution is 0.127. The van der Waals surface area contributed by atoms with E-state index in [9.17, 15) is 0 Å². The molecule has 0 unspecified atom stereocenters. The Morgan fingerprint density at radius 1 is 1.25 bits per heavy atom. The predicted molar refractivity (Wildman–Crippen MR) is 82.9 cm³/mol. The minimum absolute atomic E-state index is 0.755. The molecule has 1 saturated carbocycles. The number of benzene rings is 1. The molecule has 1 aliphatic rings. The summed E-state index contributed by atoms with van der Waals surface area (Å²) in [5, 5.41) is 4.98. The summed E-state index contributed by atoms with van der Waals surface area (Å²) in [7, 11) is 0. The van der Waals surface area contributed by atoms with Crippen molar-refractivity contribution in [3.63, 3.8) is 0 Å². The van der Waals surface area contributed by atoms with Gasteiger partial charge in [0.15, 0.2) is 0 Å². The van der Waals surface area contributed by atoms with Gasteiger partial charge in [0.05, 0.1) is 6.61 Å². The summed E-state index contributed by atoms with van der Waals surface area (Å²) >= 11 is 0. The van der Waals surface area contributed by atoms with Crippen LogP contribution in [0.4, 0.5) is 0 Å². The van der Waals surface area contributed by atoms with Gasteiger partial charge in [-0.15, -0.1) is 0 Å². The lowest BCUT2D eigenvalue weighted by Gasteiger charge is -2.05. The largest absolute Gasteiger partial charge is 0.380 e. The smallest absolute Gasteiger partial charge is 0.0645 e. The zero-order chi connectivity index (χ0) is 13.8. The number of para-hydroxylation sites is 1. The van der Waals surface area contributed by atoms with Gasteiger partial charge in [-0.1, -0.05) is 25.1 Å². The first-order valence-electron chi connectivity index (χ1n) is 7.76. The summed E-state index contributed by atoms with van der Waals surface area (Å²) in [6.45, 7) is 5.71. The van der Waals surface area contributed by atoms with Crippen molar-refractivity contribution in [3.05, 3.63) is 36.0 Å². The van der Waals surface area contributed by atoms with Gasteiger partial charge in [-0.2, -0.15) is 0 Å². The molecule has 0 radical (unpaired) electrons. The summed E-state index contributed by atoms with van der Waals surface area (Å²) in [6.07, 6.45) is 6.05. The van der Waals surface area contributed by atoms with E-state index in [0.717, 1.165) is 38.8 Å². The van der Waals surface area contributed by atoms with E-state index >= 15 is 0 Å². The lowest BCUT2D eigenvalue weighted by atomic mass is 10.2. The van der Waals surface area contributed by atoms with Gasteiger partial charge >= 0.3 is 0 Å². The predicted octanol–water partition coefficient (Wildman–Crippen LogP) is 3.32. The number of nitrogens with zero attached hydrogens (tertiary/aromatic N) is 1. The molecule has 1 aromatic carbocycles. The molecule has 0 bridgehead atoms. The third-order valence-electron chi connectivity index (χ3n) is 3.85. The van der Waals surface area contributed by atoms with E-state index in [1.165, 1.54) is 29.3 Å². The third kappa shape index (κ3) is 3.22. The Morgan fingerprint density at radius 2 is 2.10 bits per heavy atom. The number of aromatic nitrogens is 1. The molecule has 1 N–H and O–H groups in total. The molecular formula is C17H24N2O. The van der Waals surface area contributed by atoms with Crippen LogP contribution in [0.15, 0.2) is 30.5 Å². The Hall–Kier alpha value is -1.32. The number of fused-ring (bicyclic) bond motifs is 1. The monoisotopic (exact) mass is 272 g/mol. The second kappa shape index (κ2) is 6.42. The van der Waals surface area contributed by atoms with Crippen LogP contribution < -0.4 is 5.32 Å². The highest BCUT2D eigenvalue weighted by Crippen LogP contribution is 2.24. The molecule has 0 atom stereocenters. The average Bonchev–Trinajstić information content (AvgIpc) is 3.24. The van der Waals surface area contributed by atoms with E-state index in [0.29, 0.717) is 0 Å². The molecule has 3 heteroatoms. The minimum Gasteiger partial charge on any atom is -0.380 e. The van der Waals surface area contributed by atoms with Gasteiger partial charge in [-0.3, -0.25) is 0 Å².